The Labute approximate surface area is 96.0 Å². The van der Waals surface area contributed by atoms with Gasteiger partial charge in [-0.25, -0.2) is 8.78 Å². The highest BCUT2D eigenvalue weighted by molar-refractivity contribution is 14.1. The van der Waals surface area contributed by atoms with E-state index in [-0.39, 0.29) is 10.2 Å². The van der Waals surface area contributed by atoms with Gasteiger partial charge in [0.25, 0.3) is 6.43 Å². The van der Waals surface area contributed by atoms with Crippen LogP contribution in [0, 0.1) is 3.57 Å². The van der Waals surface area contributed by atoms with Crippen LogP contribution in [0.1, 0.15) is 12.1 Å². The highest BCUT2D eigenvalue weighted by Crippen LogP contribution is 2.35. The summed E-state index contributed by atoms with van der Waals surface area (Å²) in [6.45, 7) is 0. The van der Waals surface area contributed by atoms with Gasteiger partial charge in [-0.3, -0.25) is 4.98 Å². The van der Waals surface area contributed by atoms with Gasteiger partial charge in [-0.1, -0.05) is 0 Å². The van der Waals surface area contributed by atoms with Crippen LogP contribution < -0.4 is 4.74 Å². The lowest BCUT2D eigenvalue weighted by Crippen LogP contribution is -1.97. The molecule has 1 aromatic rings. The van der Waals surface area contributed by atoms with Gasteiger partial charge in [0.2, 0.25) is 0 Å². The monoisotopic (exact) mass is 363 g/mol. The SMILES string of the molecule is COc1c(I)cnc(C(F)F)c1Br. The van der Waals surface area contributed by atoms with Gasteiger partial charge in [-0.05, 0) is 38.5 Å². The van der Waals surface area contributed by atoms with Crippen molar-refractivity contribution in [1.29, 1.82) is 0 Å². The molecule has 0 aliphatic rings. The Bertz CT molecular complexity index is 322. The van der Waals surface area contributed by atoms with Crippen molar-refractivity contribution in [1.82, 2.24) is 4.98 Å². The first-order chi connectivity index (χ1) is 6.07. The van der Waals surface area contributed by atoms with E-state index >= 15 is 0 Å². The fourth-order valence-electron chi connectivity index (χ4n) is 0.802. The summed E-state index contributed by atoms with van der Waals surface area (Å²) in [4.78, 5) is 3.60. The molecule has 0 aromatic carbocycles. The lowest BCUT2D eigenvalue weighted by molar-refractivity contribution is 0.144. The largest absolute Gasteiger partial charge is 0.494 e. The van der Waals surface area contributed by atoms with E-state index in [4.69, 9.17) is 4.74 Å². The van der Waals surface area contributed by atoms with Crippen LogP contribution in [0.15, 0.2) is 10.7 Å². The average molecular weight is 364 g/mol. The van der Waals surface area contributed by atoms with Crippen molar-refractivity contribution in [3.05, 3.63) is 19.9 Å². The van der Waals surface area contributed by atoms with Gasteiger partial charge in [0.05, 0.1) is 15.2 Å². The molecule has 0 bridgehead atoms. The molecule has 0 radical (unpaired) electrons. The fourth-order valence-corrected chi connectivity index (χ4v) is 2.45. The predicted octanol–water partition coefficient (Wildman–Crippen LogP) is 3.39. The molecule has 13 heavy (non-hydrogen) atoms. The molecule has 6 heteroatoms. The van der Waals surface area contributed by atoms with Crippen LogP contribution in [-0.2, 0) is 0 Å². The number of hydrogen-bond donors (Lipinski definition) is 0. The Kier molecular flexibility index (Phi) is 3.84. The maximum atomic E-state index is 12.3. The number of halogens is 4. The number of alkyl halides is 2. The van der Waals surface area contributed by atoms with Crippen molar-refractivity contribution >= 4 is 38.5 Å². The first-order valence-corrected chi connectivity index (χ1v) is 5.11. The van der Waals surface area contributed by atoms with Crippen LogP contribution in [0.5, 0.6) is 5.75 Å². The number of hydrogen-bond acceptors (Lipinski definition) is 2. The standard InChI is InChI=1S/C7H5BrF2INO/c1-13-6-3(11)2-12-5(4(6)8)7(9)10/h2,7H,1H3. The molecular formula is C7H5BrF2INO. The van der Waals surface area contributed by atoms with Gasteiger partial charge in [-0.2, -0.15) is 0 Å². The summed E-state index contributed by atoms with van der Waals surface area (Å²) >= 11 is 4.98. The number of aromatic nitrogens is 1. The lowest BCUT2D eigenvalue weighted by atomic mass is 10.3. The van der Waals surface area contributed by atoms with E-state index in [0.717, 1.165) is 0 Å². The van der Waals surface area contributed by atoms with Gasteiger partial charge in [0.1, 0.15) is 11.4 Å². The zero-order chi connectivity index (χ0) is 10.0. The van der Waals surface area contributed by atoms with Crippen LogP contribution in [0.2, 0.25) is 0 Å². The fraction of sp³-hybridized carbons (Fsp3) is 0.286. The van der Waals surface area contributed by atoms with Crippen molar-refractivity contribution < 1.29 is 13.5 Å². The molecule has 1 heterocycles. The topological polar surface area (TPSA) is 22.1 Å². The summed E-state index contributed by atoms with van der Waals surface area (Å²) < 4.78 is 30.5. The number of ether oxygens (including phenoxy) is 1. The summed E-state index contributed by atoms with van der Waals surface area (Å²) in [5, 5.41) is 0. The molecule has 0 saturated carbocycles. The maximum Gasteiger partial charge on any atom is 0.281 e. The molecule has 0 saturated heterocycles. The molecule has 0 unspecified atom stereocenters. The molecule has 2 nitrogen and oxygen atoms in total. The minimum absolute atomic E-state index is 0.219. The molecule has 1 aromatic heterocycles. The molecule has 0 amide bonds. The predicted molar refractivity (Wildman–Crippen MR) is 56.2 cm³/mol. The van der Waals surface area contributed by atoms with Crippen LogP contribution >= 0.6 is 38.5 Å². The van der Waals surface area contributed by atoms with Crippen molar-refractivity contribution in [2.24, 2.45) is 0 Å². The summed E-state index contributed by atoms with van der Waals surface area (Å²) in [6.07, 6.45) is -1.24. The van der Waals surface area contributed by atoms with Crippen molar-refractivity contribution in [3.63, 3.8) is 0 Å². The third-order valence-electron chi connectivity index (χ3n) is 1.37. The summed E-state index contributed by atoms with van der Waals surface area (Å²) in [5.74, 6) is 0.394. The minimum atomic E-state index is -2.60. The normalized spacial score (nSPS) is 10.6. The molecule has 0 spiro atoms. The van der Waals surface area contributed by atoms with Gasteiger partial charge < -0.3 is 4.74 Å². The van der Waals surface area contributed by atoms with E-state index in [1.807, 2.05) is 22.6 Å². The third-order valence-corrected chi connectivity index (χ3v) is 2.90. The Morgan fingerprint density at radius 1 is 1.62 bits per heavy atom. The Morgan fingerprint density at radius 3 is 2.69 bits per heavy atom. The average Bonchev–Trinajstić information content (AvgIpc) is 2.04. The minimum Gasteiger partial charge on any atom is -0.494 e. The van der Waals surface area contributed by atoms with Crippen LogP contribution in [-0.4, -0.2) is 12.1 Å². The maximum absolute atomic E-state index is 12.3. The molecular weight excluding hydrogens is 359 g/mol. The van der Waals surface area contributed by atoms with E-state index in [2.05, 4.69) is 20.9 Å². The Hall–Kier alpha value is 0.0200. The molecule has 72 valence electrons. The number of methoxy groups -OCH3 is 1. The molecule has 0 aliphatic carbocycles. The highest BCUT2D eigenvalue weighted by atomic mass is 127. The van der Waals surface area contributed by atoms with E-state index < -0.39 is 6.43 Å². The summed E-state index contributed by atoms with van der Waals surface area (Å²) in [6, 6.07) is 0. The zero-order valence-electron chi connectivity index (χ0n) is 6.52. The lowest BCUT2D eigenvalue weighted by Gasteiger charge is -2.08. The highest BCUT2D eigenvalue weighted by Gasteiger charge is 2.18. The first kappa shape index (κ1) is 11.1. The van der Waals surface area contributed by atoms with Crippen molar-refractivity contribution in [2.45, 2.75) is 6.43 Å². The van der Waals surface area contributed by atoms with Gasteiger partial charge >= 0.3 is 0 Å². The smallest absolute Gasteiger partial charge is 0.281 e. The van der Waals surface area contributed by atoms with Crippen LogP contribution in [0.25, 0.3) is 0 Å². The molecule has 0 fully saturated rings. The Morgan fingerprint density at radius 2 is 2.23 bits per heavy atom. The third kappa shape index (κ3) is 2.28. The second kappa shape index (κ2) is 4.50. The summed E-state index contributed by atoms with van der Waals surface area (Å²) in [7, 11) is 1.43. The van der Waals surface area contributed by atoms with Crippen LogP contribution in [0.3, 0.4) is 0 Å². The van der Waals surface area contributed by atoms with Crippen LogP contribution in [0.4, 0.5) is 8.78 Å². The summed E-state index contributed by atoms with van der Waals surface area (Å²) in [5.41, 5.74) is -0.294. The molecule has 0 aliphatic heterocycles. The van der Waals surface area contributed by atoms with Gasteiger partial charge in [-0.15, -0.1) is 0 Å². The number of pyridine rings is 1. The first-order valence-electron chi connectivity index (χ1n) is 3.24. The van der Waals surface area contributed by atoms with Crippen molar-refractivity contribution in [2.75, 3.05) is 7.11 Å². The zero-order valence-corrected chi connectivity index (χ0v) is 10.3. The van der Waals surface area contributed by atoms with E-state index in [1.165, 1.54) is 13.3 Å². The van der Waals surface area contributed by atoms with Gasteiger partial charge in [0.15, 0.2) is 0 Å². The molecule has 1 rings (SSSR count). The number of nitrogens with zero attached hydrogens (tertiary/aromatic N) is 1. The second-order valence-electron chi connectivity index (χ2n) is 2.14. The van der Waals surface area contributed by atoms with Gasteiger partial charge in [0, 0.05) is 6.20 Å². The van der Waals surface area contributed by atoms with E-state index in [1.54, 1.807) is 0 Å². The van der Waals surface area contributed by atoms with Crippen molar-refractivity contribution in [3.8, 4) is 5.75 Å². The Balaban J connectivity index is 3.27. The number of rotatable bonds is 2. The molecule has 0 atom stereocenters. The van der Waals surface area contributed by atoms with E-state index in [9.17, 15) is 8.78 Å². The molecule has 0 N–H and O–H groups in total. The second-order valence-corrected chi connectivity index (χ2v) is 4.09. The van der Waals surface area contributed by atoms with E-state index in [0.29, 0.717) is 9.32 Å². The quantitative estimate of drug-likeness (QED) is 0.751.